The Balaban J connectivity index is 1.91. The van der Waals surface area contributed by atoms with Gasteiger partial charge in [0.05, 0.1) is 11.7 Å². The fourth-order valence-corrected chi connectivity index (χ4v) is 2.56. The molecule has 0 bridgehead atoms. The number of hydrogen-bond donors (Lipinski definition) is 1. The monoisotopic (exact) mass is 263 g/mol. The highest BCUT2D eigenvalue weighted by Crippen LogP contribution is 2.35. The van der Waals surface area contributed by atoms with E-state index in [1.807, 2.05) is 6.07 Å². The Kier molecular flexibility index (Phi) is 2.93. The summed E-state index contributed by atoms with van der Waals surface area (Å²) in [5.41, 5.74) is 1.60. The van der Waals surface area contributed by atoms with E-state index in [0.29, 0.717) is 18.4 Å². The number of hydrogen-bond acceptors (Lipinski definition) is 1. The zero-order valence-electron chi connectivity index (χ0n) is 10.1. The summed E-state index contributed by atoms with van der Waals surface area (Å²) in [6, 6.07) is 8.70. The van der Waals surface area contributed by atoms with Gasteiger partial charge in [-0.05, 0) is 42.2 Å². The topological polar surface area (TPSA) is 12.0 Å². The van der Waals surface area contributed by atoms with Crippen molar-refractivity contribution in [3.8, 4) is 0 Å². The second-order valence-electron chi connectivity index (χ2n) is 4.64. The summed E-state index contributed by atoms with van der Waals surface area (Å²) >= 11 is 0. The van der Waals surface area contributed by atoms with Gasteiger partial charge in [0.15, 0.2) is 11.6 Å². The molecule has 0 saturated heterocycles. The Morgan fingerprint density at radius 1 is 0.947 bits per heavy atom. The lowest BCUT2D eigenvalue weighted by Crippen LogP contribution is -2.09. The van der Waals surface area contributed by atoms with Crippen LogP contribution < -0.4 is 5.32 Å². The Morgan fingerprint density at radius 2 is 1.68 bits per heavy atom. The minimum Gasteiger partial charge on any atom is -0.376 e. The van der Waals surface area contributed by atoms with Crippen LogP contribution >= 0.6 is 0 Å². The molecule has 0 spiro atoms. The molecule has 1 atom stereocenters. The number of halogens is 3. The highest BCUT2D eigenvalue weighted by Gasteiger charge is 2.25. The molecule has 0 aromatic heterocycles. The van der Waals surface area contributed by atoms with Crippen molar-refractivity contribution in [1.82, 2.24) is 0 Å². The van der Waals surface area contributed by atoms with Gasteiger partial charge in [-0.3, -0.25) is 0 Å². The lowest BCUT2D eigenvalue weighted by molar-refractivity contribution is 0.509. The third-order valence-corrected chi connectivity index (χ3v) is 3.49. The quantitative estimate of drug-likeness (QED) is 0.856. The molecule has 1 unspecified atom stereocenters. The van der Waals surface area contributed by atoms with Crippen molar-refractivity contribution >= 4 is 5.69 Å². The number of benzene rings is 2. The minimum absolute atomic E-state index is 0.113. The molecule has 1 nitrogen and oxygen atoms in total. The second kappa shape index (κ2) is 4.61. The molecule has 3 rings (SSSR count). The molecule has 1 aliphatic carbocycles. The van der Waals surface area contributed by atoms with E-state index in [-0.39, 0.29) is 17.5 Å². The molecule has 0 radical (unpaired) electrons. The first-order valence-electron chi connectivity index (χ1n) is 6.14. The standard InChI is InChI=1S/C15H12F3N/c16-11-4-1-3-10-9(11)7-8-13(10)19-14-6-2-5-12(17)15(14)18/h1-6,13,19H,7-8H2. The van der Waals surface area contributed by atoms with E-state index in [0.717, 1.165) is 11.6 Å². The number of nitrogens with one attached hydrogen (secondary N) is 1. The Hall–Kier alpha value is -1.97. The fraction of sp³-hybridized carbons (Fsp3) is 0.200. The fourth-order valence-electron chi connectivity index (χ4n) is 2.56. The SMILES string of the molecule is Fc1cccc(NC2CCc3c(F)cccc32)c1F. The first-order chi connectivity index (χ1) is 9.16. The molecule has 98 valence electrons. The van der Waals surface area contributed by atoms with Gasteiger partial charge in [0.2, 0.25) is 0 Å². The maximum absolute atomic E-state index is 13.6. The number of rotatable bonds is 2. The Morgan fingerprint density at radius 3 is 2.53 bits per heavy atom. The van der Waals surface area contributed by atoms with Crippen molar-refractivity contribution in [2.75, 3.05) is 5.32 Å². The first-order valence-corrected chi connectivity index (χ1v) is 6.14. The van der Waals surface area contributed by atoms with Crippen LogP contribution in [0.1, 0.15) is 23.6 Å². The molecule has 1 aliphatic rings. The summed E-state index contributed by atoms with van der Waals surface area (Å²) in [5.74, 6) is -2.02. The minimum atomic E-state index is -0.896. The van der Waals surface area contributed by atoms with E-state index in [1.54, 1.807) is 6.07 Å². The maximum Gasteiger partial charge on any atom is 0.181 e. The third kappa shape index (κ3) is 2.07. The molecular weight excluding hydrogens is 251 g/mol. The zero-order chi connectivity index (χ0) is 13.4. The van der Waals surface area contributed by atoms with Gasteiger partial charge < -0.3 is 5.32 Å². The molecule has 4 heteroatoms. The van der Waals surface area contributed by atoms with Gasteiger partial charge in [-0.2, -0.15) is 0 Å². The van der Waals surface area contributed by atoms with Crippen LogP contribution in [-0.2, 0) is 6.42 Å². The average molecular weight is 263 g/mol. The zero-order valence-corrected chi connectivity index (χ0v) is 10.1. The van der Waals surface area contributed by atoms with Crippen molar-refractivity contribution in [2.24, 2.45) is 0 Å². The number of fused-ring (bicyclic) bond motifs is 1. The average Bonchev–Trinajstić information content (AvgIpc) is 2.80. The normalized spacial score (nSPS) is 17.3. The summed E-state index contributed by atoms with van der Waals surface area (Å²) in [6.07, 6.45) is 1.28. The van der Waals surface area contributed by atoms with Gasteiger partial charge in [0, 0.05) is 0 Å². The molecule has 2 aromatic carbocycles. The molecule has 1 N–H and O–H groups in total. The van der Waals surface area contributed by atoms with Gasteiger partial charge in [0.25, 0.3) is 0 Å². The molecule has 19 heavy (non-hydrogen) atoms. The van der Waals surface area contributed by atoms with Gasteiger partial charge in [0.1, 0.15) is 5.82 Å². The van der Waals surface area contributed by atoms with E-state index in [9.17, 15) is 13.2 Å². The Labute approximate surface area is 109 Å². The van der Waals surface area contributed by atoms with Crippen LogP contribution in [0, 0.1) is 17.5 Å². The van der Waals surface area contributed by atoms with Gasteiger partial charge in [-0.15, -0.1) is 0 Å². The molecular formula is C15H12F3N. The predicted octanol–water partition coefficient (Wildman–Crippen LogP) is 4.20. The maximum atomic E-state index is 13.6. The summed E-state index contributed by atoms with van der Waals surface area (Å²) in [6.45, 7) is 0. The predicted molar refractivity (Wildman–Crippen MR) is 67.4 cm³/mol. The lowest BCUT2D eigenvalue weighted by Gasteiger charge is -2.16. The summed E-state index contributed by atoms with van der Waals surface area (Å²) < 4.78 is 40.3. The largest absolute Gasteiger partial charge is 0.376 e. The van der Waals surface area contributed by atoms with Crippen molar-refractivity contribution < 1.29 is 13.2 Å². The number of anilines is 1. The van der Waals surface area contributed by atoms with Crippen LogP contribution in [0.2, 0.25) is 0 Å². The smallest absolute Gasteiger partial charge is 0.181 e. The molecule has 0 heterocycles. The van der Waals surface area contributed by atoms with Crippen molar-refractivity contribution in [1.29, 1.82) is 0 Å². The lowest BCUT2D eigenvalue weighted by atomic mass is 10.1. The Bertz CT molecular complexity index is 625. The van der Waals surface area contributed by atoms with Crippen LogP contribution in [0.3, 0.4) is 0 Å². The van der Waals surface area contributed by atoms with Crippen LogP contribution in [0.5, 0.6) is 0 Å². The van der Waals surface area contributed by atoms with E-state index in [4.69, 9.17) is 0 Å². The van der Waals surface area contributed by atoms with Gasteiger partial charge >= 0.3 is 0 Å². The molecule has 0 amide bonds. The summed E-state index contributed by atoms with van der Waals surface area (Å²) in [4.78, 5) is 0. The molecule has 0 fully saturated rings. The second-order valence-corrected chi connectivity index (χ2v) is 4.64. The van der Waals surface area contributed by atoms with Crippen molar-refractivity contribution in [2.45, 2.75) is 18.9 Å². The summed E-state index contributed by atoms with van der Waals surface area (Å²) in [7, 11) is 0. The van der Waals surface area contributed by atoms with Crippen molar-refractivity contribution in [3.05, 3.63) is 65.0 Å². The van der Waals surface area contributed by atoms with Crippen LogP contribution in [0.25, 0.3) is 0 Å². The first kappa shape index (κ1) is 12.1. The van der Waals surface area contributed by atoms with E-state index in [2.05, 4.69) is 5.32 Å². The molecule has 0 aliphatic heterocycles. The van der Waals surface area contributed by atoms with Crippen LogP contribution in [0.4, 0.5) is 18.9 Å². The van der Waals surface area contributed by atoms with Gasteiger partial charge in [-0.1, -0.05) is 18.2 Å². The highest BCUT2D eigenvalue weighted by molar-refractivity contribution is 5.49. The van der Waals surface area contributed by atoms with Crippen LogP contribution in [-0.4, -0.2) is 0 Å². The van der Waals surface area contributed by atoms with E-state index in [1.165, 1.54) is 18.2 Å². The summed E-state index contributed by atoms with van der Waals surface area (Å²) in [5, 5.41) is 2.95. The van der Waals surface area contributed by atoms with E-state index >= 15 is 0 Å². The van der Waals surface area contributed by atoms with Gasteiger partial charge in [-0.25, -0.2) is 13.2 Å². The van der Waals surface area contributed by atoms with Crippen LogP contribution in [0.15, 0.2) is 36.4 Å². The third-order valence-electron chi connectivity index (χ3n) is 3.49. The van der Waals surface area contributed by atoms with E-state index < -0.39 is 11.6 Å². The highest BCUT2D eigenvalue weighted by atomic mass is 19.2. The van der Waals surface area contributed by atoms with Crippen molar-refractivity contribution in [3.63, 3.8) is 0 Å². The molecule has 0 saturated carbocycles. The molecule has 2 aromatic rings.